The first-order valence-electron chi connectivity index (χ1n) is 32.3. The summed E-state index contributed by atoms with van der Waals surface area (Å²) in [6.45, 7) is 12.4. The summed E-state index contributed by atoms with van der Waals surface area (Å²) in [4.78, 5) is 2.74. The number of para-hydroxylation sites is 3. The van der Waals surface area contributed by atoms with E-state index in [0.717, 1.165) is 19.6 Å². The van der Waals surface area contributed by atoms with Crippen molar-refractivity contribution in [1.29, 1.82) is 0 Å². The summed E-state index contributed by atoms with van der Waals surface area (Å²) in [7, 11) is 0. The topological polar surface area (TPSA) is 21.9 Å². The van der Waals surface area contributed by atoms with E-state index in [1.54, 1.807) is 0 Å². The highest BCUT2D eigenvalue weighted by Crippen LogP contribution is 2.51. The first-order chi connectivity index (χ1) is 39.6. The third-order valence-corrected chi connectivity index (χ3v) is 21.9. The molecule has 0 saturated carbocycles. The van der Waals surface area contributed by atoms with Gasteiger partial charge in [0.1, 0.15) is 0 Å². The number of rotatable bonds is 36. The minimum atomic E-state index is 1.06. The number of aromatic nitrogens is 2. The van der Waals surface area contributed by atoms with Crippen molar-refractivity contribution in [3.63, 3.8) is 0 Å². The second kappa shape index (κ2) is 32.4. The predicted octanol–water partition coefficient (Wildman–Crippen LogP) is 26.0. The van der Waals surface area contributed by atoms with Crippen molar-refractivity contribution < 1.29 is 0 Å². The normalized spacial score (nSPS) is 11.9. The van der Waals surface area contributed by atoms with E-state index >= 15 is 0 Å². The van der Waals surface area contributed by atoms with Crippen LogP contribution in [0.3, 0.4) is 0 Å². The zero-order valence-electron chi connectivity index (χ0n) is 49.8. The van der Waals surface area contributed by atoms with Gasteiger partial charge in [0.15, 0.2) is 0 Å². The summed E-state index contributed by atoms with van der Waals surface area (Å²) in [5.41, 5.74) is 11.2. The SMILES string of the molecule is CCCCCCCCCCCCNc1ccccc1-c1cc2sc(-c3ccccc3C)cc2s1.CCCCCCCCCCCCn1c2ccccc2c2sc3c(sc4c5ccccc5n(CCCCCCCCCCCC)c43)c21. The maximum atomic E-state index is 3.73. The Morgan fingerprint density at radius 1 is 0.350 bits per heavy atom. The molecule has 0 fully saturated rings. The summed E-state index contributed by atoms with van der Waals surface area (Å²) in [6, 6.07) is 40.6. The number of unbranched alkanes of at least 4 members (excludes halogenated alkanes) is 27. The fourth-order valence-electron chi connectivity index (χ4n) is 12.4. The van der Waals surface area contributed by atoms with E-state index in [1.807, 2.05) is 22.7 Å². The molecule has 10 rings (SSSR count). The summed E-state index contributed by atoms with van der Waals surface area (Å²) < 4.78 is 14.2. The largest absolute Gasteiger partial charge is 0.385 e. The van der Waals surface area contributed by atoms with E-state index in [1.165, 1.54) is 286 Å². The highest BCUT2D eigenvalue weighted by atomic mass is 32.1. The smallest absolute Gasteiger partial charge is 0.0783 e. The molecule has 80 heavy (non-hydrogen) atoms. The van der Waals surface area contributed by atoms with E-state index in [-0.39, 0.29) is 0 Å². The third kappa shape index (κ3) is 15.8. The van der Waals surface area contributed by atoms with Crippen LogP contribution in [-0.2, 0) is 13.1 Å². The van der Waals surface area contributed by atoms with Crippen LogP contribution in [0.2, 0.25) is 0 Å². The molecule has 7 heteroatoms. The Hall–Kier alpha value is -4.40. The molecule has 0 radical (unpaired) electrons. The van der Waals surface area contributed by atoms with Gasteiger partial charge < -0.3 is 14.5 Å². The highest BCUT2D eigenvalue weighted by Gasteiger charge is 2.24. The number of aryl methyl sites for hydroxylation is 3. The molecule has 428 valence electrons. The van der Waals surface area contributed by atoms with E-state index in [4.69, 9.17) is 0 Å². The Morgan fingerprint density at radius 2 is 0.713 bits per heavy atom. The van der Waals surface area contributed by atoms with Gasteiger partial charge in [-0.05, 0) is 67.6 Å². The van der Waals surface area contributed by atoms with Gasteiger partial charge in [0, 0.05) is 71.8 Å². The van der Waals surface area contributed by atoms with Crippen LogP contribution < -0.4 is 5.32 Å². The van der Waals surface area contributed by atoms with Gasteiger partial charge in [0.05, 0.1) is 29.8 Å². The van der Waals surface area contributed by atoms with Crippen molar-refractivity contribution in [3.05, 3.63) is 115 Å². The van der Waals surface area contributed by atoms with Gasteiger partial charge >= 0.3 is 0 Å². The molecule has 0 spiro atoms. The molecule has 6 aromatic heterocycles. The van der Waals surface area contributed by atoms with E-state index in [2.05, 4.69) is 174 Å². The van der Waals surface area contributed by atoms with E-state index in [0.29, 0.717) is 0 Å². The van der Waals surface area contributed by atoms with Gasteiger partial charge in [0.25, 0.3) is 0 Å². The predicted molar refractivity (Wildman–Crippen MR) is 365 cm³/mol. The van der Waals surface area contributed by atoms with Crippen LogP contribution in [-0.4, -0.2) is 15.7 Å². The van der Waals surface area contributed by atoms with Crippen LogP contribution in [0.25, 0.3) is 81.9 Å². The Bertz CT molecular complexity index is 3220. The number of fused-ring (bicyclic) bond motifs is 10. The van der Waals surface area contributed by atoms with Crippen LogP contribution in [0.5, 0.6) is 0 Å². The molecule has 0 saturated heterocycles. The number of hydrogen-bond acceptors (Lipinski definition) is 5. The lowest BCUT2D eigenvalue weighted by Gasteiger charge is -2.11. The standard InChI is InChI=1S/C42H58N2S2.C31H39NS2/c1-3-5-7-9-11-13-15-17-19-25-31-43-35-29-23-21-27-33(35)39-37(43)41-42(45-39)38-40(46-41)34-28-22-24-30-36(34)44(38)32-26-20-18-16-14-12-10-8-6-4-2;1-3-4-5-6-7-8-9-10-11-16-21-32-27-20-15-14-19-26(27)29-23-31-30(34-29)22-28(33-31)25-18-13-12-17-24(25)2/h21-24,27-30H,3-20,25-26,31-32H2,1-2H3;12-15,17-20,22-23,32H,3-11,16,21H2,1-2H3. The van der Waals surface area contributed by atoms with Gasteiger partial charge in [-0.25, -0.2) is 0 Å². The minimum Gasteiger partial charge on any atom is -0.385 e. The van der Waals surface area contributed by atoms with E-state index < -0.39 is 0 Å². The molecular weight excluding hydrogens is 1050 g/mol. The monoisotopic (exact) mass is 1140 g/mol. The molecule has 0 unspecified atom stereocenters. The molecule has 1 N–H and O–H groups in total. The Labute approximate surface area is 498 Å². The third-order valence-electron chi connectivity index (χ3n) is 17.0. The zero-order valence-corrected chi connectivity index (χ0v) is 53.0. The average molecular weight is 1140 g/mol. The number of hydrogen-bond donors (Lipinski definition) is 1. The Balaban J connectivity index is 0.000000203. The first kappa shape index (κ1) is 60.2. The van der Waals surface area contributed by atoms with Crippen LogP contribution in [0.4, 0.5) is 5.69 Å². The molecule has 0 amide bonds. The molecule has 4 aromatic carbocycles. The number of anilines is 1. The Morgan fingerprint density at radius 3 is 1.16 bits per heavy atom. The lowest BCUT2D eigenvalue weighted by Crippen LogP contribution is -2.02. The van der Waals surface area contributed by atoms with Crippen molar-refractivity contribution >= 4 is 112 Å². The average Bonchev–Trinajstić information content (AvgIpc) is 2.85. The summed E-state index contributed by atoms with van der Waals surface area (Å²) in [5.74, 6) is 0. The molecular formula is C73H97N3S4. The van der Waals surface area contributed by atoms with E-state index in [9.17, 15) is 0 Å². The van der Waals surface area contributed by atoms with Crippen molar-refractivity contribution in [2.24, 2.45) is 0 Å². The fourth-order valence-corrected chi connectivity index (χ4v) is 17.9. The lowest BCUT2D eigenvalue weighted by molar-refractivity contribution is 0.541. The molecule has 0 aliphatic heterocycles. The van der Waals surface area contributed by atoms with Crippen LogP contribution in [0, 0.1) is 6.92 Å². The number of nitrogens with zero attached hydrogens (tertiary/aromatic N) is 2. The molecule has 0 bridgehead atoms. The molecule has 0 aliphatic carbocycles. The van der Waals surface area contributed by atoms with Crippen molar-refractivity contribution in [3.8, 4) is 20.9 Å². The first-order valence-corrected chi connectivity index (χ1v) is 35.6. The summed E-state index contributed by atoms with van der Waals surface area (Å²) in [5, 5.41) is 6.62. The second-order valence-corrected chi connectivity index (χ2v) is 27.5. The van der Waals surface area contributed by atoms with Crippen LogP contribution in [0.15, 0.2) is 109 Å². The molecule has 0 aliphatic rings. The Kier molecular flexibility index (Phi) is 24.4. The van der Waals surface area contributed by atoms with Crippen molar-refractivity contribution in [1.82, 2.24) is 9.13 Å². The van der Waals surface area contributed by atoms with Crippen LogP contribution in [0.1, 0.15) is 219 Å². The van der Waals surface area contributed by atoms with Gasteiger partial charge in [-0.3, -0.25) is 0 Å². The quantitative estimate of drug-likeness (QED) is 0.0389. The molecule has 3 nitrogen and oxygen atoms in total. The second-order valence-electron chi connectivity index (χ2n) is 23.3. The lowest BCUT2D eigenvalue weighted by atomic mass is 10.1. The van der Waals surface area contributed by atoms with Gasteiger partial charge in [-0.15, -0.1) is 45.3 Å². The molecule has 10 aromatic rings. The number of benzene rings is 4. The molecule has 6 heterocycles. The fraction of sp³-hybridized carbons (Fsp3) is 0.507. The summed E-state index contributed by atoms with van der Waals surface area (Å²) >= 11 is 7.95. The minimum absolute atomic E-state index is 1.06. The molecule has 0 atom stereocenters. The van der Waals surface area contributed by atoms with Crippen molar-refractivity contribution in [2.45, 2.75) is 233 Å². The van der Waals surface area contributed by atoms with Gasteiger partial charge in [-0.1, -0.05) is 273 Å². The highest BCUT2D eigenvalue weighted by molar-refractivity contribution is 7.37. The number of nitrogens with one attached hydrogen (secondary N) is 1. The number of thiophene rings is 4. The maximum Gasteiger partial charge on any atom is 0.0783 e. The van der Waals surface area contributed by atoms with Gasteiger partial charge in [0.2, 0.25) is 0 Å². The van der Waals surface area contributed by atoms with Crippen molar-refractivity contribution in [2.75, 3.05) is 11.9 Å². The summed E-state index contributed by atoms with van der Waals surface area (Å²) in [6.07, 6.45) is 41.6. The van der Waals surface area contributed by atoms with Gasteiger partial charge in [-0.2, -0.15) is 0 Å². The zero-order chi connectivity index (χ0) is 55.1. The van der Waals surface area contributed by atoms with Crippen LogP contribution >= 0.6 is 45.3 Å². The maximum absolute atomic E-state index is 3.73.